The first kappa shape index (κ1) is 26.8. The molecule has 4 rings (SSSR count). The van der Waals surface area contributed by atoms with E-state index < -0.39 is 9.92 Å². The number of aromatic nitrogens is 1. The third-order valence-corrected chi connectivity index (χ3v) is 7.08. The van der Waals surface area contributed by atoms with Gasteiger partial charge in [-0.15, -0.1) is 0 Å². The number of nitrogens with zero attached hydrogens (tertiary/aromatic N) is 2. The largest absolute Gasteiger partial charge is 0.385 e. The molecule has 0 aliphatic heterocycles. The highest BCUT2D eigenvalue weighted by Crippen LogP contribution is 2.26. The van der Waals surface area contributed by atoms with Crippen LogP contribution < -0.4 is 21.1 Å². The Bertz CT molecular complexity index is 1600. The van der Waals surface area contributed by atoms with E-state index in [1.54, 1.807) is 55.6 Å². The third-order valence-electron chi connectivity index (χ3n) is 5.69. The molecule has 0 radical (unpaired) electrons. The van der Waals surface area contributed by atoms with Gasteiger partial charge in [-0.05, 0) is 66.7 Å². The lowest BCUT2D eigenvalue weighted by molar-refractivity contribution is 0.102. The van der Waals surface area contributed by atoms with Crippen molar-refractivity contribution >= 4 is 49.5 Å². The van der Waals surface area contributed by atoms with Crippen molar-refractivity contribution in [2.75, 3.05) is 28.2 Å². The van der Waals surface area contributed by atoms with Gasteiger partial charge in [0.25, 0.3) is 5.91 Å². The summed E-state index contributed by atoms with van der Waals surface area (Å²) in [6, 6.07) is 20.5. The molecule has 10 heteroatoms. The summed E-state index contributed by atoms with van der Waals surface area (Å²) in [5.74, 6) is -0.325. The zero-order valence-corrected chi connectivity index (χ0v) is 21.7. The molecule has 196 valence electrons. The lowest BCUT2D eigenvalue weighted by atomic mass is 10.1. The molecular formula is C28H29FN6O2S. The number of carbonyl (C=O) groups excluding carboxylic acids is 1. The summed E-state index contributed by atoms with van der Waals surface area (Å²) in [6.07, 6.45) is 2.14. The lowest BCUT2D eigenvalue weighted by Gasteiger charge is -2.11. The minimum absolute atomic E-state index is 0.255. The Morgan fingerprint density at radius 1 is 1.05 bits per heavy atom. The van der Waals surface area contributed by atoms with Gasteiger partial charge in [0.15, 0.2) is 0 Å². The topological polar surface area (TPSA) is 122 Å². The molecule has 0 saturated carbocycles. The number of hydrogen-bond acceptors (Lipinski definition) is 6. The van der Waals surface area contributed by atoms with Crippen LogP contribution in [0.25, 0.3) is 10.9 Å². The van der Waals surface area contributed by atoms with Crippen LogP contribution in [0, 0.1) is 5.82 Å². The third kappa shape index (κ3) is 7.15. The molecule has 0 aliphatic carbocycles. The number of fused-ring (bicyclic) bond motifs is 1. The monoisotopic (exact) mass is 532 g/mol. The van der Waals surface area contributed by atoms with Crippen molar-refractivity contribution in [1.82, 2.24) is 4.98 Å². The molecule has 0 bridgehead atoms. The first-order valence-corrected chi connectivity index (χ1v) is 13.7. The van der Waals surface area contributed by atoms with E-state index in [0.717, 1.165) is 17.1 Å². The van der Waals surface area contributed by atoms with Crippen molar-refractivity contribution in [3.63, 3.8) is 0 Å². The van der Waals surface area contributed by atoms with Crippen LogP contribution in [0.3, 0.4) is 0 Å². The van der Waals surface area contributed by atoms with Crippen LogP contribution in [-0.4, -0.2) is 27.4 Å². The minimum atomic E-state index is -2.71. The van der Waals surface area contributed by atoms with Crippen molar-refractivity contribution < 1.29 is 13.4 Å². The number of nitrogens with one attached hydrogen (secondary N) is 3. The Morgan fingerprint density at radius 3 is 2.58 bits per heavy atom. The molecule has 0 aliphatic rings. The van der Waals surface area contributed by atoms with E-state index in [1.807, 2.05) is 18.2 Å². The molecule has 1 amide bonds. The fourth-order valence-electron chi connectivity index (χ4n) is 3.68. The number of nitrogens with two attached hydrogens (primary N) is 1. The molecule has 8 nitrogen and oxygen atoms in total. The van der Waals surface area contributed by atoms with Crippen LogP contribution >= 0.6 is 0 Å². The molecule has 0 fully saturated rings. The quantitative estimate of drug-likeness (QED) is 0.198. The van der Waals surface area contributed by atoms with Crippen LogP contribution in [0.5, 0.6) is 0 Å². The van der Waals surface area contributed by atoms with Gasteiger partial charge in [-0.3, -0.25) is 9.78 Å². The molecule has 1 atom stereocenters. The van der Waals surface area contributed by atoms with E-state index in [0.29, 0.717) is 40.8 Å². The molecule has 5 N–H and O–H groups in total. The zero-order valence-electron chi connectivity index (χ0n) is 20.9. The second kappa shape index (κ2) is 11.8. The van der Waals surface area contributed by atoms with E-state index in [4.69, 9.17) is 5.14 Å². The molecule has 0 saturated heterocycles. The standard InChI is InChI=1S/C28H29FN6O2S/c1-3-38(30,37)35-19(2)13-15-31-23-5-4-6-24(18-23)34-28(36)20-7-10-22(11-8-20)33-27-14-16-32-26-12-9-21(29)17-25(26)27/h4-12,14,16-18,31H,2-3,13,15H2,1H3,(H,32,33)(H,34,36)(H2,30,35,37). The number of halogens is 1. The summed E-state index contributed by atoms with van der Waals surface area (Å²) in [6.45, 7) is 6.05. The fourth-order valence-corrected chi connectivity index (χ4v) is 4.34. The van der Waals surface area contributed by atoms with Gasteiger partial charge in [-0.1, -0.05) is 19.6 Å². The van der Waals surface area contributed by atoms with Crippen LogP contribution in [0.15, 0.2) is 95.6 Å². The van der Waals surface area contributed by atoms with Crippen LogP contribution in [-0.2, 0) is 9.92 Å². The van der Waals surface area contributed by atoms with Gasteiger partial charge >= 0.3 is 0 Å². The van der Waals surface area contributed by atoms with E-state index in [1.165, 1.54) is 12.1 Å². The van der Waals surface area contributed by atoms with Crippen molar-refractivity contribution in [3.8, 4) is 0 Å². The SMILES string of the molecule is C=C(CCNc1cccc(NC(=O)c2ccc(Nc3ccnc4ccc(F)cc34)cc2)c1)N=S(N)(=O)CC. The Kier molecular flexibility index (Phi) is 8.35. The van der Waals surface area contributed by atoms with Crippen LogP contribution in [0.4, 0.5) is 27.1 Å². The number of anilines is 4. The van der Waals surface area contributed by atoms with E-state index >= 15 is 0 Å². The molecule has 1 heterocycles. The van der Waals surface area contributed by atoms with E-state index in [2.05, 4.69) is 31.9 Å². The Balaban J connectivity index is 1.35. The van der Waals surface area contributed by atoms with Gasteiger partial charge in [0.05, 0.1) is 5.52 Å². The van der Waals surface area contributed by atoms with Gasteiger partial charge in [-0.2, -0.15) is 4.36 Å². The van der Waals surface area contributed by atoms with Gasteiger partial charge in [0.2, 0.25) is 0 Å². The summed E-state index contributed by atoms with van der Waals surface area (Å²) < 4.78 is 29.6. The second-order valence-corrected chi connectivity index (χ2v) is 10.7. The number of hydrogen-bond donors (Lipinski definition) is 4. The predicted molar refractivity (Wildman–Crippen MR) is 153 cm³/mol. The maximum atomic E-state index is 13.7. The number of benzene rings is 3. The van der Waals surface area contributed by atoms with Crippen molar-refractivity contribution in [3.05, 3.63) is 103 Å². The van der Waals surface area contributed by atoms with Gasteiger partial charge in [-0.25, -0.2) is 13.7 Å². The van der Waals surface area contributed by atoms with Gasteiger partial charge in [0, 0.05) is 64.3 Å². The average molecular weight is 533 g/mol. The average Bonchev–Trinajstić information content (AvgIpc) is 2.89. The van der Waals surface area contributed by atoms with Crippen LogP contribution in [0.2, 0.25) is 0 Å². The molecule has 1 aromatic heterocycles. The Morgan fingerprint density at radius 2 is 1.82 bits per heavy atom. The first-order valence-electron chi connectivity index (χ1n) is 12.0. The Labute approximate surface area is 221 Å². The highest BCUT2D eigenvalue weighted by Gasteiger charge is 2.09. The Hall–Kier alpha value is -4.28. The lowest BCUT2D eigenvalue weighted by Crippen LogP contribution is -2.15. The predicted octanol–water partition coefficient (Wildman–Crippen LogP) is 6.05. The summed E-state index contributed by atoms with van der Waals surface area (Å²) in [4.78, 5) is 17.1. The highest BCUT2D eigenvalue weighted by atomic mass is 32.2. The summed E-state index contributed by atoms with van der Waals surface area (Å²) in [5.41, 5.74) is 4.54. The summed E-state index contributed by atoms with van der Waals surface area (Å²) in [5, 5.41) is 15.7. The van der Waals surface area contributed by atoms with Crippen molar-refractivity contribution in [1.29, 1.82) is 0 Å². The minimum Gasteiger partial charge on any atom is -0.385 e. The molecule has 1 unspecified atom stereocenters. The number of carbonyl (C=O) groups is 1. The molecule has 3 aromatic carbocycles. The van der Waals surface area contributed by atoms with Gasteiger partial charge < -0.3 is 16.0 Å². The van der Waals surface area contributed by atoms with Crippen LogP contribution in [0.1, 0.15) is 23.7 Å². The van der Waals surface area contributed by atoms with Gasteiger partial charge in [0.1, 0.15) is 15.7 Å². The maximum absolute atomic E-state index is 13.7. The number of pyridine rings is 1. The number of rotatable bonds is 10. The summed E-state index contributed by atoms with van der Waals surface area (Å²) in [7, 11) is -2.71. The zero-order chi connectivity index (χ0) is 27.1. The molecular weight excluding hydrogens is 503 g/mol. The first-order chi connectivity index (χ1) is 18.2. The summed E-state index contributed by atoms with van der Waals surface area (Å²) >= 11 is 0. The fraction of sp³-hybridized carbons (Fsp3) is 0.143. The molecule has 0 spiro atoms. The van der Waals surface area contributed by atoms with E-state index in [9.17, 15) is 13.4 Å². The normalized spacial score (nSPS) is 12.4. The number of amides is 1. The maximum Gasteiger partial charge on any atom is 0.255 e. The van der Waals surface area contributed by atoms with E-state index in [-0.39, 0.29) is 17.5 Å². The molecule has 38 heavy (non-hydrogen) atoms. The van der Waals surface area contributed by atoms with Crippen molar-refractivity contribution in [2.24, 2.45) is 9.50 Å². The smallest absolute Gasteiger partial charge is 0.255 e. The second-order valence-electron chi connectivity index (χ2n) is 8.57. The highest BCUT2D eigenvalue weighted by molar-refractivity contribution is 7.91. The molecule has 4 aromatic rings. The van der Waals surface area contributed by atoms with Crippen molar-refractivity contribution in [2.45, 2.75) is 13.3 Å².